The number of aryl methyl sites for hydroxylation is 1. The van der Waals surface area contributed by atoms with Crippen molar-refractivity contribution in [2.75, 3.05) is 25.9 Å². The third-order valence-electron chi connectivity index (χ3n) is 6.55. The number of nitrogens with zero attached hydrogens (tertiary/aromatic N) is 3. The maximum atomic E-state index is 11.4. The topological polar surface area (TPSA) is 67.2 Å². The highest BCUT2D eigenvalue weighted by Crippen LogP contribution is 2.43. The Morgan fingerprint density at radius 2 is 2.04 bits per heavy atom. The number of aromatic nitrogens is 2. The van der Waals surface area contributed by atoms with E-state index in [9.17, 15) is 8.42 Å². The summed E-state index contributed by atoms with van der Waals surface area (Å²) in [4.78, 5) is 2.48. The summed E-state index contributed by atoms with van der Waals surface area (Å²) in [5.41, 5.74) is 2.67. The normalized spacial score (nSPS) is 33.2. The lowest BCUT2D eigenvalue weighted by atomic mass is 9.74. The highest BCUT2D eigenvalue weighted by Gasteiger charge is 2.42. The van der Waals surface area contributed by atoms with E-state index in [1.54, 1.807) is 0 Å². The first-order valence-corrected chi connectivity index (χ1v) is 11.5. The van der Waals surface area contributed by atoms with Crippen LogP contribution in [0.1, 0.15) is 61.7 Å². The van der Waals surface area contributed by atoms with Crippen LogP contribution in [-0.4, -0.2) is 55.0 Å². The van der Waals surface area contributed by atoms with Gasteiger partial charge >= 0.3 is 0 Å². The molecule has 4 atom stereocenters. The minimum atomic E-state index is -3.11. The Kier molecular flexibility index (Phi) is 4.67. The second kappa shape index (κ2) is 6.67. The van der Waals surface area contributed by atoms with Crippen molar-refractivity contribution in [2.45, 2.75) is 56.4 Å². The second-order valence-electron chi connectivity index (χ2n) is 8.26. The van der Waals surface area contributed by atoms with Crippen LogP contribution in [0.4, 0.5) is 0 Å². The van der Waals surface area contributed by atoms with E-state index in [-0.39, 0.29) is 0 Å². The summed E-state index contributed by atoms with van der Waals surface area (Å²) in [6.07, 6.45) is 8.79. The van der Waals surface area contributed by atoms with Gasteiger partial charge in [-0.3, -0.25) is 9.58 Å². The Bertz CT molecular complexity index is 723. The number of sulfonamides is 1. The lowest BCUT2D eigenvalue weighted by molar-refractivity contribution is 0.0306. The number of hydrogen-bond acceptors (Lipinski definition) is 4. The largest absolute Gasteiger partial charge is 0.298 e. The number of piperidine rings is 3. The number of nitrogens with one attached hydrogen (secondary N) is 1. The van der Waals surface area contributed by atoms with Crippen LogP contribution >= 0.6 is 0 Å². The van der Waals surface area contributed by atoms with Gasteiger partial charge in [0.15, 0.2) is 0 Å². The van der Waals surface area contributed by atoms with Crippen molar-refractivity contribution in [3.8, 4) is 0 Å². The van der Waals surface area contributed by atoms with Crippen molar-refractivity contribution < 1.29 is 8.42 Å². The molecule has 1 aromatic heterocycles. The van der Waals surface area contributed by atoms with E-state index >= 15 is 0 Å². The van der Waals surface area contributed by atoms with Crippen LogP contribution in [-0.2, 0) is 17.1 Å². The van der Waals surface area contributed by atoms with Gasteiger partial charge in [0.2, 0.25) is 10.0 Å². The molecular weight excluding hydrogens is 336 g/mol. The summed E-state index contributed by atoms with van der Waals surface area (Å²) in [5.74, 6) is 1.84. The maximum Gasteiger partial charge on any atom is 0.208 e. The number of fused-ring (bicyclic) bond motifs is 3. The monoisotopic (exact) mass is 366 g/mol. The first-order chi connectivity index (χ1) is 11.9. The molecule has 3 aliphatic heterocycles. The van der Waals surface area contributed by atoms with E-state index < -0.39 is 10.0 Å². The molecule has 0 aromatic carbocycles. The van der Waals surface area contributed by atoms with Crippen molar-refractivity contribution >= 4 is 10.0 Å². The first kappa shape index (κ1) is 17.5. The molecular formula is C18H30N4O2S. The molecule has 3 saturated heterocycles. The molecule has 2 bridgehead atoms. The molecule has 0 radical (unpaired) electrons. The molecule has 0 amide bonds. The summed E-state index contributed by atoms with van der Waals surface area (Å²) < 4.78 is 27.6. The van der Waals surface area contributed by atoms with Crippen LogP contribution in [0.3, 0.4) is 0 Å². The highest BCUT2D eigenvalue weighted by molar-refractivity contribution is 7.88. The van der Waals surface area contributed by atoms with E-state index in [1.807, 2.05) is 0 Å². The minimum absolute atomic E-state index is 0.340. The Hall–Kier alpha value is -0.920. The van der Waals surface area contributed by atoms with E-state index in [2.05, 4.69) is 27.4 Å². The third-order valence-corrected chi connectivity index (χ3v) is 7.24. The van der Waals surface area contributed by atoms with Crippen molar-refractivity contribution in [1.82, 2.24) is 19.4 Å². The fourth-order valence-electron chi connectivity index (χ4n) is 5.21. The molecule has 4 fully saturated rings. The lowest BCUT2D eigenvalue weighted by Crippen LogP contribution is -2.56. The van der Waals surface area contributed by atoms with E-state index in [4.69, 9.17) is 5.10 Å². The molecule has 25 heavy (non-hydrogen) atoms. The molecule has 1 N–H and O–H groups in total. The van der Waals surface area contributed by atoms with Crippen LogP contribution in [0.25, 0.3) is 0 Å². The molecule has 6 nitrogen and oxygen atoms in total. The molecule has 1 aromatic rings. The van der Waals surface area contributed by atoms with Crippen LogP contribution in [0, 0.1) is 5.92 Å². The average Bonchev–Trinajstić information content (AvgIpc) is 3.22. The Balaban J connectivity index is 1.47. The highest BCUT2D eigenvalue weighted by atomic mass is 32.2. The van der Waals surface area contributed by atoms with E-state index in [1.165, 1.54) is 49.7 Å². The zero-order valence-electron chi connectivity index (χ0n) is 15.3. The van der Waals surface area contributed by atoms with Gasteiger partial charge in [-0.25, -0.2) is 13.1 Å². The standard InChI is InChI=1S/C18H30N4O2S/c1-21-18(10-17(20-21)13-5-3-4-6-13)16-12-22-8-7-14(16)9-15(22)11-19-25(2,23)24/h10,13-16,19H,3-9,11-12H2,1-2H3/t14-,15+,16+/m0/s1. The molecule has 1 unspecified atom stereocenters. The van der Waals surface area contributed by atoms with Crippen molar-refractivity contribution in [2.24, 2.45) is 13.0 Å². The van der Waals surface area contributed by atoms with Crippen LogP contribution in [0.15, 0.2) is 6.07 Å². The van der Waals surface area contributed by atoms with Gasteiger partial charge in [0.05, 0.1) is 11.9 Å². The zero-order valence-corrected chi connectivity index (χ0v) is 16.1. The summed E-state index contributed by atoms with van der Waals surface area (Å²) >= 11 is 0. The molecule has 4 heterocycles. The molecule has 5 rings (SSSR count). The summed E-state index contributed by atoms with van der Waals surface area (Å²) in [7, 11) is -1.02. The van der Waals surface area contributed by atoms with Gasteiger partial charge < -0.3 is 0 Å². The van der Waals surface area contributed by atoms with Gasteiger partial charge in [0.1, 0.15) is 0 Å². The number of rotatable bonds is 5. The smallest absolute Gasteiger partial charge is 0.208 e. The Morgan fingerprint density at radius 1 is 1.28 bits per heavy atom. The summed E-state index contributed by atoms with van der Waals surface area (Å²) in [6.45, 7) is 2.66. The third kappa shape index (κ3) is 3.64. The lowest BCUT2D eigenvalue weighted by Gasteiger charge is -2.49. The van der Waals surface area contributed by atoms with E-state index in [0.29, 0.717) is 30.3 Å². The van der Waals surface area contributed by atoms with Gasteiger partial charge in [-0.2, -0.15) is 5.10 Å². The average molecular weight is 367 g/mol. The van der Waals surface area contributed by atoms with Gasteiger partial charge in [-0.1, -0.05) is 12.8 Å². The molecule has 0 spiro atoms. The van der Waals surface area contributed by atoms with Crippen molar-refractivity contribution in [3.05, 3.63) is 17.5 Å². The van der Waals surface area contributed by atoms with Crippen LogP contribution in [0.2, 0.25) is 0 Å². The molecule has 140 valence electrons. The van der Waals surface area contributed by atoms with Crippen molar-refractivity contribution in [3.63, 3.8) is 0 Å². The summed E-state index contributed by atoms with van der Waals surface area (Å²) in [5, 5.41) is 4.85. The molecule has 7 heteroatoms. The quantitative estimate of drug-likeness (QED) is 0.863. The van der Waals surface area contributed by atoms with Gasteiger partial charge in [0, 0.05) is 43.7 Å². The fourth-order valence-corrected chi connectivity index (χ4v) is 5.70. The van der Waals surface area contributed by atoms with E-state index in [0.717, 1.165) is 19.5 Å². The van der Waals surface area contributed by atoms with Crippen molar-refractivity contribution in [1.29, 1.82) is 0 Å². The van der Waals surface area contributed by atoms with Crippen LogP contribution < -0.4 is 4.72 Å². The van der Waals surface area contributed by atoms with Gasteiger partial charge in [0.25, 0.3) is 0 Å². The van der Waals surface area contributed by atoms with Gasteiger partial charge in [-0.15, -0.1) is 0 Å². The predicted octanol–water partition coefficient (Wildman–Crippen LogP) is 1.80. The maximum absolute atomic E-state index is 11.4. The van der Waals surface area contributed by atoms with Gasteiger partial charge in [-0.05, 0) is 44.2 Å². The molecule has 4 aliphatic rings. The predicted molar refractivity (Wildman–Crippen MR) is 98.1 cm³/mol. The fraction of sp³-hybridized carbons (Fsp3) is 0.833. The summed E-state index contributed by atoms with van der Waals surface area (Å²) in [6, 6.07) is 2.71. The zero-order chi connectivity index (χ0) is 17.6. The Labute approximate surface area is 151 Å². The first-order valence-electron chi connectivity index (χ1n) is 9.63. The second-order valence-corrected chi connectivity index (χ2v) is 10.1. The van der Waals surface area contributed by atoms with Crippen LogP contribution in [0.5, 0.6) is 0 Å². The minimum Gasteiger partial charge on any atom is -0.298 e. The SMILES string of the molecule is Cn1nc(C2CCCC2)cc1[C@@H]1CN2CC[C@H]1C[C@@H]2CNS(C)(=O)=O. The number of hydrogen-bond donors (Lipinski definition) is 1. The molecule has 1 aliphatic carbocycles. The Morgan fingerprint density at radius 3 is 2.68 bits per heavy atom. The molecule has 1 saturated carbocycles.